The highest BCUT2D eigenvalue weighted by molar-refractivity contribution is 6.33. The molecule has 3 nitrogen and oxygen atoms in total. The first-order chi connectivity index (χ1) is 9.08. The third-order valence-corrected chi connectivity index (χ3v) is 4.34. The average Bonchev–Trinajstić information content (AvgIpc) is 2.44. The quantitative estimate of drug-likeness (QED) is 0.889. The molecule has 0 radical (unpaired) electrons. The largest absolute Gasteiger partial charge is 0.394 e. The number of anilines is 1. The molecule has 0 unspecified atom stereocenters. The zero-order valence-corrected chi connectivity index (χ0v) is 11.9. The number of nitrogens with one attached hydrogen (secondary N) is 1. The number of nitrogens with zero attached hydrogens (tertiary/aromatic N) is 1. The van der Waals surface area contributed by atoms with Crippen LogP contribution in [0.1, 0.15) is 38.2 Å². The molecule has 1 aromatic carbocycles. The smallest absolute Gasteiger partial charge is 0.0992 e. The predicted molar refractivity (Wildman–Crippen MR) is 77.2 cm³/mol. The molecule has 102 valence electrons. The predicted octanol–water partition coefficient (Wildman–Crippen LogP) is 3.56. The molecule has 1 aliphatic rings. The topological polar surface area (TPSA) is 56.0 Å². The first-order valence-electron chi connectivity index (χ1n) is 6.67. The second-order valence-corrected chi connectivity index (χ2v) is 5.96. The summed E-state index contributed by atoms with van der Waals surface area (Å²) in [5.41, 5.74) is 1.07. The van der Waals surface area contributed by atoms with Gasteiger partial charge < -0.3 is 10.4 Å². The van der Waals surface area contributed by atoms with Crippen molar-refractivity contribution in [2.75, 3.05) is 11.9 Å². The number of aliphatic hydroxyl groups excluding tert-OH is 1. The minimum atomic E-state index is -0.274. The lowest BCUT2D eigenvalue weighted by Gasteiger charge is -2.39. The van der Waals surface area contributed by atoms with Gasteiger partial charge in [0, 0.05) is 0 Å². The maximum atomic E-state index is 9.72. The lowest BCUT2D eigenvalue weighted by molar-refractivity contribution is 0.155. The zero-order valence-electron chi connectivity index (χ0n) is 11.1. The number of aliphatic hydroxyl groups is 1. The van der Waals surface area contributed by atoms with Gasteiger partial charge in [-0.25, -0.2) is 0 Å². The summed E-state index contributed by atoms with van der Waals surface area (Å²) in [6.45, 7) is 2.35. The number of halogens is 1. The van der Waals surface area contributed by atoms with Crippen molar-refractivity contribution >= 4 is 17.3 Å². The molecule has 1 aromatic rings. The van der Waals surface area contributed by atoms with Crippen LogP contribution in [0, 0.1) is 17.2 Å². The van der Waals surface area contributed by atoms with Crippen molar-refractivity contribution in [1.29, 1.82) is 5.26 Å². The van der Waals surface area contributed by atoms with Crippen LogP contribution in [0.3, 0.4) is 0 Å². The van der Waals surface area contributed by atoms with Crippen LogP contribution in [0.5, 0.6) is 0 Å². The Hall–Kier alpha value is -1.24. The Morgan fingerprint density at radius 3 is 2.68 bits per heavy atom. The molecule has 0 aromatic heterocycles. The third kappa shape index (κ3) is 3.20. The highest BCUT2D eigenvalue weighted by Crippen LogP contribution is 2.36. The summed E-state index contributed by atoms with van der Waals surface area (Å²) in [7, 11) is 0. The van der Waals surface area contributed by atoms with Crippen molar-refractivity contribution in [3.8, 4) is 6.07 Å². The Balaban J connectivity index is 2.17. The highest BCUT2D eigenvalue weighted by atomic mass is 35.5. The summed E-state index contributed by atoms with van der Waals surface area (Å²) in [6.07, 6.45) is 4.12. The summed E-state index contributed by atoms with van der Waals surface area (Å²) in [6, 6.07) is 7.28. The van der Waals surface area contributed by atoms with Crippen LogP contribution in [0.4, 0.5) is 5.69 Å². The Bertz CT molecular complexity index is 487. The molecule has 19 heavy (non-hydrogen) atoms. The Labute approximate surface area is 119 Å². The van der Waals surface area contributed by atoms with Crippen LogP contribution in [0.15, 0.2) is 18.2 Å². The molecule has 0 bridgehead atoms. The average molecular weight is 279 g/mol. The molecule has 0 amide bonds. The number of hydrogen-bond acceptors (Lipinski definition) is 3. The van der Waals surface area contributed by atoms with E-state index in [9.17, 15) is 5.11 Å². The lowest BCUT2D eigenvalue weighted by atomic mass is 9.77. The van der Waals surface area contributed by atoms with Gasteiger partial charge in [-0.2, -0.15) is 5.26 Å². The second kappa shape index (κ2) is 5.81. The summed E-state index contributed by atoms with van der Waals surface area (Å²) >= 11 is 6.18. The van der Waals surface area contributed by atoms with Gasteiger partial charge in [0.15, 0.2) is 0 Å². The van der Waals surface area contributed by atoms with E-state index in [2.05, 4.69) is 18.3 Å². The fraction of sp³-hybridized carbons (Fsp3) is 0.533. The van der Waals surface area contributed by atoms with Crippen LogP contribution < -0.4 is 5.32 Å². The van der Waals surface area contributed by atoms with Crippen molar-refractivity contribution in [1.82, 2.24) is 0 Å². The number of nitriles is 1. The molecule has 0 aliphatic heterocycles. The van der Waals surface area contributed by atoms with Gasteiger partial charge in [0.25, 0.3) is 0 Å². The molecule has 2 N–H and O–H groups in total. The number of hydrogen-bond donors (Lipinski definition) is 2. The molecule has 0 saturated heterocycles. The van der Waals surface area contributed by atoms with E-state index in [4.69, 9.17) is 16.9 Å². The summed E-state index contributed by atoms with van der Waals surface area (Å²) in [4.78, 5) is 0. The van der Waals surface area contributed by atoms with Crippen LogP contribution in [-0.4, -0.2) is 17.3 Å². The monoisotopic (exact) mass is 278 g/mol. The summed E-state index contributed by atoms with van der Waals surface area (Å²) in [5.74, 6) is 0.720. The van der Waals surface area contributed by atoms with Crippen LogP contribution in [0.2, 0.25) is 5.02 Å². The Morgan fingerprint density at radius 2 is 2.16 bits per heavy atom. The van der Waals surface area contributed by atoms with Gasteiger partial charge in [0.2, 0.25) is 0 Å². The van der Waals surface area contributed by atoms with E-state index in [1.807, 2.05) is 6.07 Å². The molecule has 1 saturated carbocycles. The van der Waals surface area contributed by atoms with Crippen molar-refractivity contribution < 1.29 is 5.11 Å². The molecule has 0 atom stereocenters. The van der Waals surface area contributed by atoms with Gasteiger partial charge in [-0.1, -0.05) is 18.5 Å². The van der Waals surface area contributed by atoms with Gasteiger partial charge in [0.1, 0.15) is 0 Å². The van der Waals surface area contributed by atoms with E-state index in [0.717, 1.165) is 37.3 Å². The minimum absolute atomic E-state index is 0.107. The molecular weight excluding hydrogens is 260 g/mol. The van der Waals surface area contributed by atoms with Crippen LogP contribution in [-0.2, 0) is 0 Å². The van der Waals surface area contributed by atoms with E-state index in [0.29, 0.717) is 10.6 Å². The van der Waals surface area contributed by atoms with E-state index in [1.54, 1.807) is 12.1 Å². The molecule has 2 rings (SSSR count). The Kier molecular flexibility index (Phi) is 4.34. The van der Waals surface area contributed by atoms with E-state index in [-0.39, 0.29) is 12.1 Å². The van der Waals surface area contributed by atoms with E-state index < -0.39 is 0 Å². The summed E-state index contributed by atoms with van der Waals surface area (Å²) in [5, 5.41) is 22.5. The first-order valence-corrected chi connectivity index (χ1v) is 7.05. The maximum Gasteiger partial charge on any atom is 0.0992 e. The van der Waals surface area contributed by atoms with Crippen LogP contribution in [0.25, 0.3) is 0 Å². The normalized spacial score (nSPS) is 26.7. The van der Waals surface area contributed by atoms with Crippen molar-refractivity contribution in [3.05, 3.63) is 28.8 Å². The molecule has 0 heterocycles. The fourth-order valence-corrected chi connectivity index (χ4v) is 2.84. The second-order valence-electron chi connectivity index (χ2n) is 5.55. The van der Waals surface area contributed by atoms with Gasteiger partial charge in [-0.3, -0.25) is 0 Å². The molecule has 1 aliphatic carbocycles. The molecule has 0 spiro atoms. The van der Waals surface area contributed by atoms with Gasteiger partial charge in [0.05, 0.1) is 34.5 Å². The highest BCUT2D eigenvalue weighted by Gasteiger charge is 2.33. The van der Waals surface area contributed by atoms with E-state index in [1.165, 1.54) is 0 Å². The molecule has 1 fully saturated rings. The summed E-state index contributed by atoms with van der Waals surface area (Å²) < 4.78 is 0. The van der Waals surface area contributed by atoms with Crippen molar-refractivity contribution in [2.24, 2.45) is 5.92 Å². The standard InChI is InChI=1S/C15H19ClN2O/c1-11-4-6-15(10-19,7-5-11)18-14-3-2-12(9-17)8-13(14)16/h2-3,8,11,18-19H,4-7,10H2,1H3. The van der Waals surface area contributed by atoms with Crippen molar-refractivity contribution in [2.45, 2.75) is 38.1 Å². The van der Waals surface area contributed by atoms with Gasteiger partial charge in [-0.05, 0) is 49.8 Å². The number of rotatable bonds is 3. The SMILES string of the molecule is CC1CCC(CO)(Nc2ccc(C#N)cc2Cl)CC1. The van der Waals surface area contributed by atoms with Gasteiger partial charge in [-0.15, -0.1) is 0 Å². The first kappa shape index (κ1) is 14.2. The zero-order chi connectivity index (χ0) is 13.9. The fourth-order valence-electron chi connectivity index (χ4n) is 2.61. The van der Waals surface area contributed by atoms with Crippen LogP contribution >= 0.6 is 11.6 Å². The Morgan fingerprint density at radius 1 is 1.47 bits per heavy atom. The molecular formula is C15H19ClN2O. The third-order valence-electron chi connectivity index (χ3n) is 4.03. The van der Waals surface area contributed by atoms with E-state index >= 15 is 0 Å². The maximum absolute atomic E-state index is 9.72. The van der Waals surface area contributed by atoms with Gasteiger partial charge >= 0.3 is 0 Å². The molecule has 4 heteroatoms. The lowest BCUT2D eigenvalue weighted by Crippen LogP contribution is -2.45. The van der Waals surface area contributed by atoms with Crippen molar-refractivity contribution in [3.63, 3.8) is 0 Å². The minimum Gasteiger partial charge on any atom is -0.394 e. The number of benzene rings is 1.